The van der Waals surface area contributed by atoms with E-state index in [0.29, 0.717) is 21.5 Å². The molecule has 0 fully saturated rings. The van der Waals surface area contributed by atoms with Gasteiger partial charge in [-0.25, -0.2) is 0 Å². The van der Waals surface area contributed by atoms with Crippen LogP contribution in [0.3, 0.4) is 0 Å². The van der Waals surface area contributed by atoms with Gasteiger partial charge in [0.25, 0.3) is 5.91 Å². The zero-order chi connectivity index (χ0) is 17.1. The Labute approximate surface area is 154 Å². The molecule has 0 aliphatic heterocycles. The molecule has 0 saturated carbocycles. The third-order valence-corrected chi connectivity index (χ3v) is 5.11. The van der Waals surface area contributed by atoms with Gasteiger partial charge in [-0.05, 0) is 78.2 Å². The molecule has 0 bridgehead atoms. The molecular weight excluding hydrogens is 401 g/mol. The second-order valence-corrected chi connectivity index (χ2v) is 6.89. The summed E-state index contributed by atoms with van der Waals surface area (Å²) < 4.78 is 6.48. The summed E-state index contributed by atoms with van der Waals surface area (Å²) in [5.41, 5.74) is 2.44. The maximum Gasteiger partial charge on any atom is 0.265 e. The fourth-order valence-corrected chi connectivity index (χ4v) is 2.59. The molecule has 0 unspecified atom stereocenters. The first-order valence-electron chi connectivity index (χ1n) is 6.97. The van der Waals surface area contributed by atoms with Gasteiger partial charge in [0, 0.05) is 15.2 Å². The third-order valence-electron chi connectivity index (χ3n) is 3.28. The van der Waals surface area contributed by atoms with Crippen LogP contribution in [0.2, 0.25) is 10.0 Å². The Bertz CT molecular complexity index is 726. The predicted molar refractivity (Wildman–Crippen MR) is 98.8 cm³/mol. The number of anilines is 1. The monoisotopic (exact) mass is 415 g/mol. The van der Waals surface area contributed by atoms with Gasteiger partial charge in [-0.3, -0.25) is 4.79 Å². The molecular formula is C17H16BrCl2NO2. The van der Waals surface area contributed by atoms with Gasteiger partial charge in [-0.1, -0.05) is 23.2 Å². The van der Waals surface area contributed by atoms with Crippen molar-refractivity contribution < 1.29 is 9.53 Å². The van der Waals surface area contributed by atoms with Gasteiger partial charge in [0.1, 0.15) is 5.75 Å². The Morgan fingerprint density at radius 2 is 1.78 bits per heavy atom. The van der Waals surface area contributed by atoms with Gasteiger partial charge in [0.05, 0.1) is 5.02 Å². The lowest BCUT2D eigenvalue weighted by molar-refractivity contribution is -0.122. The number of benzene rings is 2. The summed E-state index contributed by atoms with van der Waals surface area (Å²) in [5, 5.41) is 4.01. The minimum absolute atomic E-state index is 0.256. The van der Waals surface area contributed by atoms with Crippen LogP contribution in [0.5, 0.6) is 5.75 Å². The predicted octanol–water partition coefficient (Wildman–Crippen LogP) is 5.78. The SMILES string of the molecule is Cc1cc(O[C@H](C)C(=O)Nc2ccc(Br)c(Cl)c2)cc(C)c1Cl. The molecule has 0 heterocycles. The number of hydrogen-bond acceptors (Lipinski definition) is 2. The number of rotatable bonds is 4. The van der Waals surface area contributed by atoms with E-state index in [-0.39, 0.29) is 5.91 Å². The first-order valence-corrected chi connectivity index (χ1v) is 8.52. The maximum atomic E-state index is 12.2. The van der Waals surface area contributed by atoms with Crippen LogP contribution in [0.4, 0.5) is 5.69 Å². The molecule has 1 amide bonds. The Kier molecular flexibility index (Phi) is 5.95. The van der Waals surface area contributed by atoms with E-state index in [1.807, 2.05) is 26.0 Å². The van der Waals surface area contributed by atoms with Crippen LogP contribution >= 0.6 is 39.1 Å². The van der Waals surface area contributed by atoms with Crippen molar-refractivity contribution in [1.29, 1.82) is 0 Å². The summed E-state index contributed by atoms with van der Waals surface area (Å²) in [6, 6.07) is 8.84. The third kappa shape index (κ3) is 4.63. The van der Waals surface area contributed by atoms with Crippen LogP contribution in [0.15, 0.2) is 34.8 Å². The molecule has 2 aromatic carbocycles. The molecule has 0 saturated heterocycles. The number of carbonyl (C=O) groups excluding carboxylic acids is 1. The first-order chi connectivity index (χ1) is 10.8. The Morgan fingerprint density at radius 1 is 1.17 bits per heavy atom. The Hall–Kier alpha value is -1.23. The van der Waals surface area contributed by atoms with E-state index >= 15 is 0 Å². The van der Waals surface area contributed by atoms with Crippen molar-refractivity contribution in [2.75, 3.05) is 5.32 Å². The summed E-state index contributed by atoms with van der Waals surface area (Å²) in [5.74, 6) is 0.356. The van der Waals surface area contributed by atoms with Gasteiger partial charge in [0.2, 0.25) is 0 Å². The number of halogens is 3. The molecule has 0 radical (unpaired) electrons. The summed E-state index contributed by atoms with van der Waals surface area (Å²) in [7, 11) is 0. The average molecular weight is 417 g/mol. The largest absolute Gasteiger partial charge is 0.481 e. The van der Waals surface area contributed by atoms with E-state index in [0.717, 1.165) is 15.6 Å². The summed E-state index contributed by atoms with van der Waals surface area (Å²) >= 11 is 15.5. The standard InChI is InChI=1S/C17H16BrCl2NO2/c1-9-6-13(7-10(2)16(9)20)23-11(3)17(22)21-12-4-5-14(18)15(19)8-12/h4-8,11H,1-3H3,(H,21,22)/t11-/m1/s1. The minimum atomic E-state index is -0.655. The number of carbonyl (C=O) groups is 1. The van der Waals surface area contributed by atoms with Crippen LogP contribution in [-0.4, -0.2) is 12.0 Å². The van der Waals surface area contributed by atoms with E-state index in [2.05, 4.69) is 21.2 Å². The Balaban J connectivity index is 2.06. The van der Waals surface area contributed by atoms with Crippen molar-refractivity contribution in [3.05, 3.63) is 56.0 Å². The second kappa shape index (κ2) is 7.56. The number of nitrogens with one attached hydrogen (secondary N) is 1. The van der Waals surface area contributed by atoms with Crippen molar-refractivity contribution in [2.24, 2.45) is 0 Å². The van der Waals surface area contributed by atoms with Gasteiger partial charge in [-0.15, -0.1) is 0 Å². The highest BCUT2D eigenvalue weighted by Gasteiger charge is 2.16. The fraction of sp³-hybridized carbons (Fsp3) is 0.235. The normalized spacial score (nSPS) is 11.9. The average Bonchev–Trinajstić information content (AvgIpc) is 2.48. The van der Waals surface area contributed by atoms with E-state index in [4.69, 9.17) is 27.9 Å². The lowest BCUT2D eigenvalue weighted by atomic mass is 10.1. The van der Waals surface area contributed by atoms with Gasteiger partial charge in [0.15, 0.2) is 6.10 Å². The number of amides is 1. The first kappa shape index (κ1) is 18.1. The van der Waals surface area contributed by atoms with Crippen molar-refractivity contribution in [3.63, 3.8) is 0 Å². The van der Waals surface area contributed by atoms with Crippen molar-refractivity contribution >= 4 is 50.7 Å². The zero-order valence-corrected chi connectivity index (χ0v) is 16.0. The van der Waals surface area contributed by atoms with Crippen LogP contribution in [-0.2, 0) is 4.79 Å². The van der Waals surface area contributed by atoms with Gasteiger partial charge >= 0.3 is 0 Å². The topological polar surface area (TPSA) is 38.3 Å². The molecule has 0 aliphatic rings. The Morgan fingerprint density at radius 3 is 2.35 bits per heavy atom. The van der Waals surface area contributed by atoms with Crippen LogP contribution < -0.4 is 10.1 Å². The fourth-order valence-electron chi connectivity index (χ4n) is 2.05. The highest BCUT2D eigenvalue weighted by atomic mass is 79.9. The molecule has 1 N–H and O–H groups in total. The molecule has 0 aromatic heterocycles. The molecule has 23 heavy (non-hydrogen) atoms. The maximum absolute atomic E-state index is 12.2. The smallest absolute Gasteiger partial charge is 0.265 e. The van der Waals surface area contributed by atoms with E-state index in [1.165, 1.54) is 0 Å². The molecule has 0 aliphatic carbocycles. The molecule has 122 valence electrons. The molecule has 1 atom stereocenters. The van der Waals surface area contributed by atoms with E-state index < -0.39 is 6.10 Å². The molecule has 2 aromatic rings. The molecule has 2 rings (SSSR count). The lowest BCUT2D eigenvalue weighted by Crippen LogP contribution is -2.30. The van der Waals surface area contributed by atoms with Gasteiger partial charge in [-0.2, -0.15) is 0 Å². The lowest BCUT2D eigenvalue weighted by Gasteiger charge is -2.16. The number of ether oxygens (including phenoxy) is 1. The van der Waals surface area contributed by atoms with Gasteiger partial charge < -0.3 is 10.1 Å². The second-order valence-electron chi connectivity index (χ2n) is 5.25. The molecule has 0 spiro atoms. The zero-order valence-electron chi connectivity index (χ0n) is 12.9. The van der Waals surface area contributed by atoms with E-state index in [1.54, 1.807) is 25.1 Å². The van der Waals surface area contributed by atoms with Crippen molar-refractivity contribution in [3.8, 4) is 5.75 Å². The van der Waals surface area contributed by atoms with Crippen LogP contribution in [0, 0.1) is 13.8 Å². The summed E-state index contributed by atoms with van der Waals surface area (Å²) in [4.78, 5) is 12.2. The highest BCUT2D eigenvalue weighted by molar-refractivity contribution is 9.10. The van der Waals surface area contributed by atoms with Crippen LogP contribution in [0.25, 0.3) is 0 Å². The molecule has 6 heteroatoms. The van der Waals surface area contributed by atoms with Crippen LogP contribution in [0.1, 0.15) is 18.1 Å². The van der Waals surface area contributed by atoms with Crippen molar-refractivity contribution in [1.82, 2.24) is 0 Å². The highest BCUT2D eigenvalue weighted by Crippen LogP contribution is 2.27. The summed E-state index contributed by atoms with van der Waals surface area (Å²) in [6.07, 6.45) is -0.655. The summed E-state index contributed by atoms with van der Waals surface area (Å²) in [6.45, 7) is 5.49. The minimum Gasteiger partial charge on any atom is -0.481 e. The van der Waals surface area contributed by atoms with E-state index in [9.17, 15) is 4.79 Å². The van der Waals surface area contributed by atoms with Crippen molar-refractivity contribution in [2.45, 2.75) is 26.9 Å². The quantitative estimate of drug-likeness (QED) is 0.685. The number of aryl methyl sites for hydroxylation is 2. The number of hydrogen-bond donors (Lipinski definition) is 1. The molecule has 3 nitrogen and oxygen atoms in total.